The minimum Gasteiger partial charge on any atom is -0.325 e. The van der Waals surface area contributed by atoms with Crippen LogP contribution in [0.3, 0.4) is 0 Å². The number of benzene rings is 2. The lowest BCUT2D eigenvalue weighted by atomic mass is 9.95. The summed E-state index contributed by atoms with van der Waals surface area (Å²) >= 11 is 0. The molecule has 0 aliphatic heterocycles. The summed E-state index contributed by atoms with van der Waals surface area (Å²) in [6, 6.07) is 15.0. The third-order valence-corrected chi connectivity index (χ3v) is 2.47. The van der Waals surface area contributed by atoms with Crippen LogP contribution in [0, 0.1) is 0 Å². The largest absolute Gasteiger partial charge is 0.325 e. The molecule has 78 valence electrons. The van der Waals surface area contributed by atoms with E-state index in [-0.39, 0.29) is 5.54 Å². The highest BCUT2D eigenvalue weighted by atomic mass is 14.7. The predicted molar refractivity (Wildman–Crippen MR) is 65.9 cm³/mol. The average Bonchev–Trinajstić information content (AvgIpc) is 2.15. The van der Waals surface area contributed by atoms with Gasteiger partial charge in [-0.3, -0.25) is 0 Å². The van der Waals surface area contributed by atoms with Crippen LogP contribution >= 0.6 is 0 Å². The molecule has 0 bridgehead atoms. The number of rotatable bonds is 2. The van der Waals surface area contributed by atoms with Crippen molar-refractivity contribution in [3.63, 3.8) is 0 Å². The molecule has 0 radical (unpaired) electrons. The molecule has 2 N–H and O–H groups in total. The first-order valence-corrected chi connectivity index (χ1v) is 5.31. The van der Waals surface area contributed by atoms with E-state index in [1.807, 2.05) is 0 Å². The predicted octanol–water partition coefficient (Wildman–Crippen LogP) is 3.12. The third-order valence-electron chi connectivity index (χ3n) is 2.47. The standard InChI is InChI=1S/C14H17N/c1-14(2,15)10-11-7-8-12-5-3-4-6-13(12)9-11/h3-9H,10,15H2,1-2H3. The summed E-state index contributed by atoms with van der Waals surface area (Å²) in [5.41, 5.74) is 7.18. The molecule has 0 unspecified atom stereocenters. The molecule has 0 saturated carbocycles. The number of hydrogen-bond donors (Lipinski definition) is 1. The van der Waals surface area contributed by atoms with Crippen LogP contribution in [0.5, 0.6) is 0 Å². The minimum absolute atomic E-state index is 0.136. The Kier molecular flexibility index (Phi) is 2.49. The lowest BCUT2D eigenvalue weighted by molar-refractivity contribution is 0.517. The first kappa shape index (κ1) is 10.2. The fourth-order valence-corrected chi connectivity index (χ4v) is 1.87. The maximum Gasteiger partial charge on any atom is 0.0138 e. The Bertz CT molecular complexity index is 466. The summed E-state index contributed by atoms with van der Waals surface area (Å²) in [6.07, 6.45) is 0.915. The van der Waals surface area contributed by atoms with Crippen LogP contribution in [-0.2, 0) is 6.42 Å². The van der Waals surface area contributed by atoms with E-state index in [2.05, 4.69) is 56.3 Å². The van der Waals surface area contributed by atoms with Crippen LogP contribution in [-0.4, -0.2) is 5.54 Å². The molecular weight excluding hydrogens is 182 g/mol. The number of nitrogens with two attached hydrogens (primary N) is 1. The quantitative estimate of drug-likeness (QED) is 0.790. The molecule has 0 heterocycles. The molecule has 0 aliphatic rings. The van der Waals surface area contributed by atoms with Gasteiger partial charge in [0.2, 0.25) is 0 Å². The Labute approximate surface area is 90.9 Å². The highest BCUT2D eigenvalue weighted by Gasteiger charge is 2.11. The molecule has 15 heavy (non-hydrogen) atoms. The lowest BCUT2D eigenvalue weighted by Crippen LogP contribution is -2.34. The second-order valence-corrected chi connectivity index (χ2v) is 4.85. The summed E-state index contributed by atoms with van der Waals surface area (Å²) in [4.78, 5) is 0. The van der Waals surface area contributed by atoms with Gasteiger partial charge in [-0.15, -0.1) is 0 Å². The van der Waals surface area contributed by atoms with Gasteiger partial charge in [-0.05, 0) is 36.6 Å². The molecule has 0 saturated heterocycles. The molecular formula is C14H17N. The van der Waals surface area contributed by atoms with E-state index in [1.165, 1.54) is 16.3 Å². The summed E-state index contributed by atoms with van der Waals surface area (Å²) in [5.74, 6) is 0. The monoisotopic (exact) mass is 199 g/mol. The van der Waals surface area contributed by atoms with Crippen molar-refractivity contribution in [2.75, 3.05) is 0 Å². The SMILES string of the molecule is CC(C)(N)Cc1ccc2ccccc2c1. The van der Waals surface area contributed by atoms with Crippen LogP contribution in [0.1, 0.15) is 19.4 Å². The molecule has 0 amide bonds. The van der Waals surface area contributed by atoms with Gasteiger partial charge in [0.1, 0.15) is 0 Å². The van der Waals surface area contributed by atoms with E-state index in [0.29, 0.717) is 0 Å². The van der Waals surface area contributed by atoms with Gasteiger partial charge in [0.15, 0.2) is 0 Å². The molecule has 0 fully saturated rings. The average molecular weight is 199 g/mol. The van der Waals surface area contributed by atoms with Crippen LogP contribution in [0.25, 0.3) is 10.8 Å². The Morgan fingerprint density at radius 1 is 1.00 bits per heavy atom. The highest BCUT2D eigenvalue weighted by Crippen LogP contribution is 2.18. The van der Waals surface area contributed by atoms with Gasteiger partial charge in [-0.2, -0.15) is 0 Å². The van der Waals surface area contributed by atoms with E-state index in [1.54, 1.807) is 0 Å². The molecule has 0 aromatic heterocycles. The van der Waals surface area contributed by atoms with Gasteiger partial charge < -0.3 is 5.73 Å². The van der Waals surface area contributed by atoms with Crippen molar-refractivity contribution in [3.05, 3.63) is 48.0 Å². The van der Waals surface area contributed by atoms with Gasteiger partial charge in [0, 0.05) is 5.54 Å². The second-order valence-electron chi connectivity index (χ2n) is 4.85. The Morgan fingerprint density at radius 3 is 2.33 bits per heavy atom. The summed E-state index contributed by atoms with van der Waals surface area (Å²) in [5, 5.41) is 2.58. The van der Waals surface area contributed by atoms with Crippen molar-refractivity contribution >= 4 is 10.8 Å². The minimum atomic E-state index is -0.136. The fourth-order valence-electron chi connectivity index (χ4n) is 1.87. The summed E-state index contributed by atoms with van der Waals surface area (Å²) < 4.78 is 0. The summed E-state index contributed by atoms with van der Waals surface area (Å²) in [6.45, 7) is 4.12. The van der Waals surface area contributed by atoms with Gasteiger partial charge >= 0.3 is 0 Å². The van der Waals surface area contributed by atoms with Crippen LogP contribution < -0.4 is 5.73 Å². The van der Waals surface area contributed by atoms with Gasteiger partial charge in [-0.1, -0.05) is 42.5 Å². The molecule has 2 aromatic carbocycles. The van der Waals surface area contributed by atoms with Crippen molar-refractivity contribution in [1.82, 2.24) is 0 Å². The van der Waals surface area contributed by atoms with E-state index in [9.17, 15) is 0 Å². The van der Waals surface area contributed by atoms with E-state index in [0.717, 1.165) is 6.42 Å². The molecule has 2 aromatic rings. The maximum atomic E-state index is 6.01. The van der Waals surface area contributed by atoms with E-state index < -0.39 is 0 Å². The normalized spacial score (nSPS) is 11.9. The topological polar surface area (TPSA) is 26.0 Å². The molecule has 0 aliphatic carbocycles. The highest BCUT2D eigenvalue weighted by molar-refractivity contribution is 5.83. The zero-order valence-corrected chi connectivity index (χ0v) is 9.33. The Balaban J connectivity index is 2.39. The number of fused-ring (bicyclic) bond motifs is 1. The van der Waals surface area contributed by atoms with Crippen LogP contribution in [0.4, 0.5) is 0 Å². The van der Waals surface area contributed by atoms with Gasteiger partial charge in [0.25, 0.3) is 0 Å². The lowest BCUT2D eigenvalue weighted by Gasteiger charge is -2.18. The van der Waals surface area contributed by atoms with Gasteiger partial charge in [-0.25, -0.2) is 0 Å². The van der Waals surface area contributed by atoms with E-state index in [4.69, 9.17) is 5.73 Å². The first-order chi connectivity index (χ1) is 7.04. The zero-order valence-electron chi connectivity index (χ0n) is 9.33. The maximum absolute atomic E-state index is 6.01. The smallest absolute Gasteiger partial charge is 0.0138 e. The van der Waals surface area contributed by atoms with Crippen molar-refractivity contribution in [3.8, 4) is 0 Å². The van der Waals surface area contributed by atoms with Crippen molar-refractivity contribution < 1.29 is 0 Å². The molecule has 1 nitrogen and oxygen atoms in total. The Hall–Kier alpha value is -1.34. The van der Waals surface area contributed by atoms with Crippen molar-refractivity contribution in [2.24, 2.45) is 5.73 Å². The summed E-state index contributed by atoms with van der Waals surface area (Å²) in [7, 11) is 0. The van der Waals surface area contributed by atoms with Crippen LogP contribution in [0.2, 0.25) is 0 Å². The Morgan fingerprint density at radius 2 is 1.67 bits per heavy atom. The zero-order chi connectivity index (χ0) is 10.9. The fraction of sp³-hybridized carbons (Fsp3) is 0.286. The molecule has 1 heteroatoms. The van der Waals surface area contributed by atoms with E-state index >= 15 is 0 Å². The molecule has 0 atom stereocenters. The van der Waals surface area contributed by atoms with Crippen molar-refractivity contribution in [1.29, 1.82) is 0 Å². The van der Waals surface area contributed by atoms with Crippen LogP contribution in [0.15, 0.2) is 42.5 Å². The first-order valence-electron chi connectivity index (χ1n) is 5.31. The number of hydrogen-bond acceptors (Lipinski definition) is 1. The molecule has 0 spiro atoms. The van der Waals surface area contributed by atoms with Crippen molar-refractivity contribution in [2.45, 2.75) is 25.8 Å². The second kappa shape index (κ2) is 3.67. The molecule has 2 rings (SSSR count). The van der Waals surface area contributed by atoms with Gasteiger partial charge in [0.05, 0.1) is 0 Å². The third kappa shape index (κ3) is 2.57.